The number of rotatable bonds is 4. The maximum Gasteiger partial charge on any atom is 0.387 e. The first-order valence-corrected chi connectivity index (χ1v) is 7.52. The number of ether oxygens (including phenoxy) is 1. The number of aryl methyl sites for hydroxylation is 1. The molecule has 0 saturated carbocycles. The normalized spacial score (nSPS) is 10.8. The smallest absolute Gasteiger partial charge is 0.387 e. The van der Waals surface area contributed by atoms with Gasteiger partial charge in [-0.1, -0.05) is 31.9 Å². The highest BCUT2D eigenvalue weighted by Crippen LogP contribution is 2.28. The highest BCUT2D eigenvalue weighted by molar-refractivity contribution is 9.11. The molecule has 2 rings (SSSR count). The molecule has 0 aromatic heterocycles. The van der Waals surface area contributed by atoms with Crippen molar-refractivity contribution in [1.29, 1.82) is 0 Å². The van der Waals surface area contributed by atoms with E-state index in [4.69, 9.17) is 0 Å². The molecule has 2 aromatic carbocycles. The zero-order valence-corrected chi connectivity index (χ0v) is 14.0. The van der Waals surface area contributed by atoms with E-state index in [1.54, 1.807) is 6.07 Å². The lowest BCUT2D eigenvalue weighted by Gasteiger charge is -2.08. The molecule has 0 spiro atoms. The number of halogens is 4. The van der Waals surface area contributed by atoms with Crippen molar-refractivity contribution < 1.29 is 18.3 Å². The number of carbonyl (C=O) groups is 1. The Morgan fingerprint density at radius 2 is 1.71 bits per heavy atom. The molecule has 0 aliphatic heterocycles. The quantitative estimate of drug-likeness (QED) is 0.624. The largest absolute Gasteiger partial charge is 0.435 e. The Kier molecular flexibility index (Phi) is 5.11. The second-order valence-corrected chi connectivity index (χ2v) is 6.02. The summed E-state index contributed by atoms with van der Waals surface area (Å²) in [6.07, 6.45) is 0. The molecule has 0 fully saturated rings. The predicted molar refractivity (Wildman–Crippen MR) is 83.1 cm³/mol. The molecular formula is C15H10Br2F2O2. The van der Waals surface area contributed by atoms with Gasteiger partial charge in [0.05, 0.1) is 0 Å². The topological polar surface area (TPSA) is 26.3 Å². The molecule has 0 bridgehead atoms. The molecule has 2 aromatic rings. The summed E-state index contributed by atoms with van der Waals surface area (Å²) >= 11 is 6.74. The first-order valence-electron chi connectivity index (χ1n) is 5.93. The van der Waals surface area contributed by atoms with E-state index < -0.39 is 6.61 Å². The van der Waals surface area contributed by atoms with E-state index in [0.29, 0.717) is 15.6 Å². The van der Waals surface area contributed by atoms with Gasteiger partial charge in [-0.25, -0.2) is 0 Å². The Labute approximate surface area is 137 Å². The van der Waals surface area contributed by atoms with Crippen LogP contribution in [0, 0.1) is 6.92 Å². The van der Waals surface area contributed by atoms with Crippen molar-refractivity contribution in [3.05, 3.63) is 62.0 Å². The van der Waals surface area contributed by atoms with Crippen molar-refractivity contribution in [1.82, 2.24) is 0 Å². The van der Waals surface area contributed by atoms with Crippen molar-refractivity contribution in [3.63, 3.8) is 0 Å². The Balaban J connectivity index is 2.30. The second kappa shape index (κ2) is 6.66. The van der Waals surface area contributed by atoms with Crippen LogP contribution in [-0.2, 0) is 0 Å². The predicted octanol–water partition coefficient (Wildman–Crippen LogP) is 5.35. The molecule has 0 heterocycles. The van der Waals surface area contributed by atoms with Gasteiger partial charge in [0, 0.05) is 20.1 Å². The van der Waals surface area contributed by atoms with Gasteiger partial charge in [-0.15, -0.1) is 0 Å². The van der Waals surface area contributed by atoms with Crippen LogP contribution in [0.15, 0.2) is 45.3 Å². The lowest BCUT2D eigenvalue weighted by atomic mass is 10.0. The van der Waals surface area contributed by atoms with Crippen LogP contribution in [0.2, 0.25) is 0 Å². The summed E-state index contributed by atoms with van der Waals surface area (Å²) in [5.41, 5.74) is 1.89. The number of hydrogen-bond acceptors (Lipinski definition) is 2. The average molecular weight is 420 g/mol. The fourth-order valence-corrected chi connectivity index (χ4v) is 2.74. The fourth-order valence-electron chi connectivity index (χ4n) is 1.76. The number of alkyl halides is 2. The molecule has 0 aliphatic carbocycles. The van der Waals surface area contributed by atoms with Crippen LogP contribution in [0.5, 0.6) is 5.75 Å². The van der Waals surface area contributed by atoms with Gasteiger partial charge in [-0.3, -0.25) is 4.79 Å². The molecule has 2 nitrogen and oxygen atoms in total. The van der Waals surface area contributed by atoms with E-state index in [2.05, 4.69) is 36.6 Å². The monoisotopic (exact) mass is 418 g/mol. The van der Waals surface area contributed by atoms with E-state index in [0.717, 1.165) is 10.0 Å². The molecule has 0 atom stereocenters. The number of benzene rings is 2. The van der Waals surface area contributed by atoms with E-state index in [9.17, 15) is 13.6 Å². The van der Waals surface area contributed by atoms with Crippen LogP contribution in [0.3, 0.4) is 0 Å². The Morgan fingerprint density at radius 1 is 1.10 bits per heavy atom. The Bertz CT molecular complexity index is 670. The summed E-state index contributed by atoms with van der Waals surface area (Å²) in [5.74, 6) is -0.183. The summed E-state index contributed by atoms with van der Waals surface area (Å²) in [4.78, 5) is 12.4. The lowest BCUT2D eigenvalue weighted by molar-refractivity contribution is -0.0498. The lowest BCUT2D eigenvalue weighted by Crippen LogP contribution is -2.05. The number of carbonyl (C=O) groups excluding carboxylic acids is 1. The summed E-state index contributed by atoms with van der Waals surface area (Å²) < 4.78 is 29.9. The van der Waals surface area contributed by atoms with Gasteiger partial charge in [-0.05, 0) is 48.9 Å². The van der Waals surface area contributed by atoms with Crippen molar-refractivity contribution in [2.75, 3.05) is 0 Å². The molecule has 0 N–H and O–H groups in total. The zero-order chi connectivity index (χ0) is 15.6. The minimum absolute atomic E-state index is 0.0192. The van der Waals surface area contributed by atoms with Gasteiger partial charge in [0.2, 0.25) is 0 Å². The average Bonchev–Trinajstić information content (AvgIpc) is 2.42. The van der Waals surface area contributed by atoms with E-state index >= 15 is 0 Å². The maximum absolute atomic E-state index is 12.4. The van der Waals surface area contributed by atoms with Gasteiger partial charge < -0.3 is 4.74 Å². The Hall–Kier alpha value is -1.27. The van der Waals surface area contributed by atoms with E-state index in [-0.39, 0.29) is 11.5 Å². The van der Waals surface area contributed by atoms with Gasteiger partial charge in [0.1, 0.15) is 5.75 Å². The van der Waals surface area contributed by atoms with Crippen molar-refractivity contribution in [3.8, 4) is 5.75 Å². The third-order valence-corrected chi connectivity index (χ3v) is 4.35. The summed E-state index contributed by atoms with van der Waals surface area (Å²) in [5, 5.41) is 0. The molecule has 0 unspecified atom stereocenters. The first kappa shape index (κ1) is 16.1. The molecule has 0 radical (unpaired) electrons. The van der Waals surface area contributed by atoms with Crippen molar-refractivity contribution in [2.24, 2.45) is 0 Å². The van der Waals surface area contributed by atoms with Gasteiger partial charge in [0.15, 0.2) is 5.78 Å². The minimum atomic E-state index is -2.88. The van der Waals surface area contributed by atoms with Crippen molar-refractivity contribution >= 4 is 37.6 Å². The molecule has 6 heteroatoms. The Morgan fingerprint density at radius 3 is 2.29 bits per heavy atom. The fraction of sp³-hybridized carbons (Fsp3) is 0.133. The third kappa shape index (κ3) is 3.89. The highest BCUT2D eigenvalue weighted by atomic mass is 79.9. The third-order valence-electron chi connectivity index (χ3n) is 2.83. The van der Waals surface area contributed by atoms with E-state index in [1.165, 1.54) is 24.3 Å². The van der Waals surface area contributed by atoms with Gasteiger partial charge in [0.25, 0.3) is 0 Å². The SMILES string of the molecule is Cc1cc(Br)c(C(=O)c2ccc(OC(F)F)cc2)cc1Br. The molecule has 110 valence electrons. The minimum Gasteiger partial charge on any atom is -0.435 e. The summed E-state index contributed by atoms with van der Waals surface area (Å²) in [6.45, 7) is -0.965. The molecule has 21 heavy (non-hydrogen) atoms. The molecule has 0 aliphatic rings. The van der Waals surface area contributed by atoms with Gasteiger partial charge >= 0.3 is 6.61 Å². The maximum atomic E-state index is 12.4. The van der Waals surface area contributed by atoms with Crippen LogP contribution in [0.25, 0.3) is 0 Å². The summed E-state index contributed by atoms with van der Waals surface area (Å²) in [6, 6.07) is 9.17. The molecular weight excluding hydrogens is 410 g/mol. The van der Waals surface area contributed by atoms with Gasteiger partial charge in [-0.2, -0.15) is 8.78 Å². The van der Waals surface area contributed by atoms with Crippen LogP contribution in [0.1, 0.15) is 21.5 Å². The first-order chi connectivity index (χ1) is 9.88. The second-order valence-electron chi connectivity index (χ2n) is 4.31. The van der Waals surface area contributed by atoms with Crippen LogP contribution >= 0.6 is 31.9 Å². The highest BCUT2D eigenvalue weighted by Gasteiger charge is 2.15. The van der Waals surface area contributed by atoms with Crippen LogP contribution in [-0.4, -0.2) is 12.4 Å². The standard InChI is InChI=1S/C15H10Br2F2O2/c1-8-6-13(17)11(7-12(8)16)14(20)9-2-4-10(5-3-9)21-15(18)19/h2-7,15H,1H3. The summed E-state index contributed by atoms with van der Waals surface area (Å²) in [7, 11) is 0. The van der Waals surface area contributed by atoms with E-state index in [1.807, 2.05) is 13.0 Å². The number of hydrogen-bond donors (Lipinski definition) is 0. The molecule has 0 amide bonds. The van der Waals surface area contributed by atoms with Crippen LogP contribution in [0.4, 0.5) is 8.78 Å². The van der Waals surface area contributed by atoms with Crippen molar-refractivity contribution in [2.45, 2.75) is 13.5 Å². The molecule has 0 saturated heterocycles. The van der Waals surface area contributed by atoms with Crippen LogP contribution < -0.4 is 4.74 Å². The number of ketones is 1. The zero-order valence-electron chi connectivity index (χ0n) is 10.9.